The highest BCUT2D eigenvalue weighted by Crippen LogP contribution is 2.05. The monoisotopic (exact) mass is 104 g/mol. The third-order valence-electron chi connectivity index (χ3n) is 0.755. The molecular formula is C4H8N2O. The SMILES string of the molecule is [2H]C1([2H])CCN(N=O)C1([2H])[2H]. The molecule has 0 atom stereocenters. The molecule has 1 saturated heterocycles. The molecule has 0 aromatic heterocycles. The van der Waals surface area contributed by atoms with Crippen LogP contribution in [-0.2, 0) is 0 Å². The van der Waals surface area contributed by atoms with Gasteiger partial charge in [-0.3, -0.25) is 5.01 Å². The summed E-state index contributed by atoms with van der Waals surface area (Å²) in [7, 11) is 0. The molecule has 0 N–H and O–H groups in total. The van der Waals surface area contributed by atoms with Crippen LogP contribution >= 0.6 is 0 Å². The molecule has 1 heterocycles. The maximum atomic E-state index is 9.98. The van der Waals surface area contributed by atoms with Crippen LogP contribution in [0, 0.1) is 4.91 Å². The fourth-order valence-corrected chi connectivity index (χ4v) is 0.426. The van der Waals surface area contributed by atoms with E-state index < -0.39 is 12.9 Å². The first-order valence-electron chi connectivity index (χ1n) is 4.03. The molecular weight excluding hydrogens is 92.1 g/mol. The number of rotatable bonds is 1. The molecule has 0 aromatic rings. The number of nitrogens with zero attached hydrogens (tertiary/aromatic N) is 2. The van der Waals surface area contributed by atoms with Crippen LogP contribution < -0.4 is 0 Å². The lowest BCUT2D eigenvalue weighted by Crippen LogP contribution is -2.08. The molecule has 0 aromatic carbocycles. The third-order valence-corrected chi connectivity index (χ3v) is 0.755. The average molecular weight is 104 g/mol. The van der Waals surface area contributed by atoms with Crippen LogP contribution in [0.5, 0.6) is 0 Å². The molecule has 0 radical (unpaired) electrons. The van der Waals surface area contributed by atoms with Crippen molar-refractivity contribution in [3.8, 4) is 0 Å². The minimum absolute atomic E-state index is 0.00569. The Labute approximate surface area is 47.9 Å². The van der Waals surface area contributed by atoms with Crippen LogP contribution in [0.2, 0.25) is 0 Å². The number of nitroso groups, excluding NO2 is 1. The summed E-state index contributed by atoms with van der Waals surface area (Å²) >= 11 is 0. The zero-order valence-electron chi connectivity index (χ0n) is 7.72. The maximum Gasteiger partial charge on any atom is 0.0523 e. The van der Waals surface area contributed by atoms with Crippen molar-refractivity contribution in [2.75, 3.05) is 13.0 Å². The number of hydrogen-bond donors (Lipinski definition) is 0. The predicted molar refractivity (Wildman–Crippen MR) is 26.6 cm³/mol. The largest absolute Gasteiger partial charge is 0.261 e. The first-order valence-corrected chi connectivity index (χ1v) is 2.03. The molecule has 3 nitrogen and oxygen atoms in total. The van der Waals surface area contributed by atoms with Crippen LogP contribution in [0.1, 0.15) is 18.3 Å². The maximum absolute atomic E-state index is 9.98. The fourth-order valence-electron chi connectivity index (χ4n) is 0.426. The van der Waals surface area contributed by atoms with E-state index in [9.17, 15) is 4.91 Å². The molecule has 0 saturated carbocycles. The summed E-state index contributed by atoms with van der Waals surface area (Å²) in [4.78, 5) is 9.98. The van der Waals surface area contributed by atoms with Gasteiger partial charge in [-0.2, -0.15) is 0 Å². The van der Waals surface area contributed by atoms with Gasteiger partial charge in [-0.25, -0.2) is 0 Å². The summed E-state index contributed by atoms with van der Waals surface area (Å²) in [6.07, 6.45) is -1.97. The molecule has 1 fully saturated rings. The molecule has 40 valence electrons. The van der Waals surface area contributed by atoms with Crippen LogP contribution in [0.3, 0.4) is 0 Å². The highest BCUT2D eigenvalue weighted by molar-refractivity contribution is 4.59. The van der Waals surface area contributed by atoms with Gasteiger partial charge >= 0.3 is 0 Å². The van der Waals surface area contributed by atoms with E-state index in [2.05, 4.69) is 5.29 Å². The van der Waals surface area contributed by atoms with E-state index >= 15 is 0 Å². The molecule has 1 aliphatic rings. The standard InChI is InChI=1S/C4H8N2O/c7-5-6-3-1-2-4-6/h1-4H2/i1D2,3D2. The van der Waals surface area contributed by atoms with Gasteiger partial charge in [0.2, 0.25) is 0 Å². The van der Waals surface area contributed by atoms with Gasteiger partial charge in [0.05, 0.1) is 8.03 Å². The predicted octanol–water partition coefficient (Wildman–Crippen LogP) is 0.764. The topological polar surface area (TPSA) is 32.7 Å². The molecule has 0 spiro atoms. The molecule has 0 unspecified atom stereocenters. The Hall–Kier alpha value is -0.600. The lowest BCUT2D eigenvalue weighted by Gasteiger charge is -2.00. The second-order valence-electron chi connectivity index (χ2n) is 1.24. The molecule has 0 bridgehead atoms. The summed E-state index contributed by atoms with van der Waals surface area (Å²) in [5, 5.41) is 3.01. The van der Waals surface area contributed by atoms with Gasteiger partial charge in [0.15, 0.2) is 0 Å². The quantitative estimate of drug-likeness (QED) is 0.460. The smallest absolute Gasteiger partial charge is 0.0523 e. The lowest BCUT2D eigenvalue weighted by atomic mass is 10.4. The van der Waals surface area contributed by atoms with Crippen molar-refractivity contribution in [1.29, 1.82) is 0 Å². The highest BCUT2D eigenvalue weighted by atomic mass is 16.3. The van der Waals surface area contributed by atoms with E-state index in [1.807, 2.05) is 0 Å². The van der Waals surface area contributed by atoms with Crippen molar-refractivity contribution >= 4 is 0 Å². The normalized spacial score (nSPS) is 43.1. The summed E-state index contributed by atoms with van der Waals surface area (Å²) in [6, 6.07) is 0. The summed E-state index contributed by atoms with van der Waals surface area (Å²) in [5.74, 6) is 0. The van der Waals surface area contributed by atoms with Crippen molar-refractivity contribution in [1.82, 2.24) is 5.01 Å². The molecule has 1 aliphatic heterocycles. The third kappa shape index (κ3) is 0.885. The Morgan fingerprint density at radius 1 is 1.86 bits per heavy atom. The Bertz CT molecular complexity index is 183. The van der Waals surface area contributed by atoms with E-state index in [-0.39, 0.29) is 13.0 Å². The molecule has 0 aliphatic carbocycles. The summed E-state index contributed by atoms with van der Waals surface area (Å²) < 4.78 is 28.7. The summed E-state index contributed by atoms with van der Waals surface area (Å²) in [6.45, 7) is -2.21. The van der Waals surface area contributed by atoms with Gasteiger partial charge in [0.25, 0.3) is 0 Å². The molecule has 0 amide bonds. The van der Waals surface area contributed by atoms with Gasteiger partial charge in [0, 0.05) is 15.8 Å². The first kappa shape index (κ1) is 1.73. The second kappa shape index (κ2) is 1.91. The minimum atomic E-state index is -2.26. The second-order valence-corrected chi connectivity index (χ2v) is 1.24. The highest BCUT2D eigenvalue weighted by Gasteiger charge is 2.08. The number of hydrogen-bond acceptors (Lipinski definition) is 2. The van der Waals surface area contributed by atoms with Crippen molar-refractivity contribution < 1.29 is 5.48 Å². The van der Waals surface area contributed by atoms with Crippen LogP contribution in [0.4, 0.5) is 0 Å². The molecule has 7 heavy (non-hydrogen) atoms. The van der Waals surface area contributed by atoms with Crippen molar-refractivity contribution in [2.24, 2.45) is 5.29 Å². The summed E-state index contributed by atoms with van der Waals surface area (Å²) in [5.41, 5.74) is 0. The van der Waals surface area contributed by atoms with Crippen molar-refractivity contribution in [3.05, 3.63) is 4.91 Å². The van der Waals surface area contributed by atoms with Crippen molar-refractivity contribution in [3.63, 3.8) is 0 Å². The van der Waals surface area contributed by atoms with E-state index in [0.717, 1.165) is 0 Å². The Morgan fingerprint density at radius 3 is 3.00 bits per heavy atom. The minimum Gasteiger partial charge on any atom is -0.261 e. The Kier molecular flexibility index (Phi) is 0.471. The lowest BCUT2D eigenvalue weighted by molar-refractivity contribution is 0.355. The van der Waals surface area contributed by atoms with Crippen molar-refractivity contribution in [2.45, 2.75) is 12.8 Å². The van der Waals surface area contributed by atoms with E-state index in [4.69, 9.17) is 5.48 Å². The zero-order valence-corrected chi connectivity index (χ0v) is 3.72. The van der Waals surface area contributed by atoms with Gasteiger partial charge in [-0.05, 0) is 12.8 Å². The van der Waals surface area contributed by atoms with Crippen LogP contribution in [-0.4, -0.2) is 18.1 Å². The zero-order chi connectivity index (χ0) is 8.70. The molecule has 1 rings (SSSR count). The van der Waals surface area contributed by atoms with E-state index in [1.165, 1.54) is 0 Å². The van der Waals surface area contributed by atoms with Gasteiger partial charge in [-0.1, -0.05) is 0 Å². The Morgan fingerprint density at radius 2 is 2.71 bits per heavy atom. The van der Waals surface area contributed by atoms with Gasteiger partial charge in [0.1, 0.15) is 0 Å². The van der Waals surface area contributed by atoms with Gasteiger partial charge < -0.3 is 0 Å². The first-order chi connectivity index (χ1) is 4.92. The fraction of sp³-hybridized carbons (Fsp3) is 1.00. The van der Waals surface area contributed by atoms with Crippen LogP contribution in [0.25, 0.3) is 0 Å². The molecule has 3 heteroatoms. The van der Waals surface area contributed by atoms with E-state index in [1.54, 1.807) is 0 Å². The van der Waals surface area contributed by atoms with Crippen LogP contribution in [0.15, 0.2) is 5.29 Å². The van der Waals surface area contributed by atoms with E-state index in [0.29, 0.717) is 5.01 Å². The Balaban J connectivity index is 2.89. The average Bonchev–Trinajstić information content (AvgIpc) is 2.05. The van der Waals surface area contributed by atoms with Gasteiger partial charge in [-0.15, -0.1) is 4.91 Å².